The molecular formula is C20H17ClN2O4S. The normalized spacial score (nSPS) is 15.1. The molecule has 8 heteroatoms. The fourth-order valence-corrected chi connectivity index (χ4v) is 3.22. The number of aromatic carboxylic acids is 1. The molecule has 2 N–H and O–H groups in total. The van der Waals surface area contributed by atoms with E-state index in [1.54, 1.807) is 36.4 Å². The lowest BCUT2D eigenvalue weighted by Crippen LogP contribution is -2.30. The summed E-state index contributed by atoms with van der Waals surface area (Å²) >= 11 is 11.4. The van der Waals surface area contributed by atoms with Crippen LogP contribution in [0.25, 0.3) is 6.08 Å². The van der Waals surface area contributed by atoms with E-state index in [0.717, 1.165) is 11.1 Å². The summed E-state index contributed by atoms with van der Waals surface area (Å²) in [6.07, 6.45) is 1.69. The van der Waals surface area contributed by atoms with Crippen LogP contribution in [0.4, 0.5) is 0 Å². The topological polar surface area (TPSA) is 78.9 Å². The zero-order valence-corrected chi connectivity index (χ0v) is 16.5. The van der Waals surface area contributed by atoms with Gasteiger partial charge < -0.3 is 15.2 Å². The van der Waals surface area contributed by atoms with Gasteiger partial charge in [-0.3, -0.25) is 9.69 Å². The second-order valence-electron chi connectivity index (χ2n) is 6.02. The van der Waals surface area contributed by atoms with E-state index in [-0.39, 0.29) is 18.1 Å². The fraction of sp³-hybridized carbons (Fsp3) is 0.150. The molecule has 1 saturated heterocycles. The monoisotopic (exact) mass is 416 g/mol. The van der Waals surface area contributed by atoms with Crippen LogP contribution >= 0.6 is 23.8 Å². The van der Waals surface area contributed by atoms with Crippen molar-refractivity contribution in [3.8, 4) is 5.75 Å². The summed E-state index contributed by atoms with van der Waals surface area (Å²) in [7, 11) is 0. The van der Waals surface area contributed by atoms with E-state index in [1.807, 2.05) is 6.92 Å². The lowest BCUT2D eigenvalue weighted by Gasteiger charge is -2.09. The molecule has 6 nitrogen and oxygen atoms in total. The van der Waals surface area contributed by atoms with E-state index in [1.165, 1.54) is 17.0 Å². The zero-order chi connectivity index (χ0) is 20.3. The first-order valence-corrected chi connectivity index (χ1v) is 9.26. The van der Waals surface area contributed by atoms with Gasteiger partial charge >= 0.3 is 5.97 Å². The number of hydrogen-bond acceptors (Lipinski definition) is 4. The minimum Gasteiger partial charge on any atom is -0.487 e. The molecule has 1 fully saturated rings. The van der Waals surface area contributed by atoms with Crippen LogP contribution in [-0.4, -0.2) is 33.5 Å². The predicted molar refractivity (Wildman–Crippen MR) is 110 cm³/mol. The van der Waals surface area contributed by atoms with Gasteiger partial charge in [0.2, 0.25) is 0 Å². The van der Waals surface area contributed by atoms with Crippen molar-refractivity contribution in [3.63, 3.8) is 0 Å². The molecule has 3 rings (SSSR count). The Morgan fingerprint density at radius 1 is 1.29 bits per heavy atom. The van der Waals surface area contributed by atoms with E-state index >= 15 is 0 Å². The molecule has 28 heavy (non-hydrogen) atoms. The van der Waals surface area contributed by atoms with Gasteiger partial charge in [0.05, 0.1) is 10.6 Å². The van der Waals surface area contributed by atoms with E-state index in [2.05, 4.69) is 5.32 Å². The number of carboxylic acid groups (broad SMARTS) is 1. The number of likely N-dealkylation sites (N-methyl/N-ethyl adjacent to an activating group) is 1. The number of nitrogens with one attached hydrogen (secondary N) is 1. The van der Waals surface area contributed by atoms with Crippen LogP contribution in [0.5, 0.6) is 5.75 Å². The highest BCUT2D eigenvalue weighted by molar-refractivity contribution is 7.80. The molecule has 0 atom stereocenters. The predicted octanol–water partition coefficient (Wildman–Crippen LogP) is 3.69. The number of carboxylic acids is 1. The van der Waals surface area contributed by atoms with Crippen molar-refractivity contribution in [2.24, 2.45) is 0 Å². The van der Waals surface area contributed by atoms with Gasteiger partial charge in [0.25, 0.3) is 5.91 Å². The van der Waals surface area contributed by atoms with Crippen molar-refractivity contribution in [1.82, 2.24) is 10.2 Å². The van der Waals surface area contributed by atoms with Gasteiger partial charge in [0.1, 0.15) is 18.1 Å². The average molecular weight is 417 g/mol. The highest BCUT2D eigenvalue weighted by Gasteiger charge is 2.28. The molecule has 0 aliphatic carbocycles. The molecule has 2 aromatic rings. The molecule has 0 radical (unpaired) electrons. The van der Waals surface area contributed by atoms with Gasteiger partial charge in [-0.2, -0.15) is 0 Å². The second kappa shape index (κ2) is 8.41. The number of amides is 1. The van der Waals surface area contributed by atoms with Crippen LogP contribution in [-0.2, 0) is 11.4 Å². The smallest absolute Gasteiger partial charge is 0.335 e. The van der Waals surface area contributed by atoms with Gasteiger partial charge in [-0.25, -0.2) is 4.79 Å². The second-order valence-corrected chi connectivity index (χ2v) is 6.81. The first kappa shape index (κ1) is 19.9. The maximum Gasteiger partial charge on any atom is 0.335 e. The first-order chi connectivity index (χ1) is 13.4. The van der Waals surface area contributed by atoms with Gasteiger partial charge in [-0.05, 0) is 60.6 Å². The molecule has 0 unspecified atom stereocenters. The molecule has 0 spiro atoms. The summed E-state index contributed by atoms with van der Waals surface area (Å²) in [5.74, 6) is -0.658. The number of rotatable bonds is 6. The van der Waals surface area contributed by atoms with E-state index < -0.39 is 5.97 Å². The van der Waals surface area contributed by atoms with Gasteiger partial charge in [-0.1, -0.05) is 29.8 Å². The van der Waals surface area contributed by atoms with Gasteiger partial charge in [0.15, 0.2) is 5.11 Å². The Bertz CT molecular complexity index is 973. The maximum absolute atomic E-state index is 12.2. The molecule has 1 aliphatic heterocycles. The van der Waals surface area contributed by atoms with E-state index in [9.17, 15) is 9.59 Å². The number of halogens is 1. The summed E-state index contributed by atoms with van der Waals surface area (Å²) in [6, 6.07) is 11.6. The minimum absolute atomic E-state index is 0.172. The summed E-state index contributed by atoms with van der Waals surface area (Å²) in [6.45, 7) is 2.61. The molecule has 2 aromatic carbocycles. The molecule has 1 aliphatic rings. The van der Waals surface area contributed by atoms with Gasteiger partial charge in [-0.15, -0.1) is 0 Å². The Morgan fingerprint density at radius 2 is 2.00 bits per heavy atom. The Hall–Kier alpha value is -2.90. The number of carbonyl (C=O) groups is 2. The molecule has 1 amide bonds. The molecule has 144 valence electrons. The SMILES string of the molecule is CCN1C(=O)C(=Cc2ccc(OCc3ccc(C(=O)O)cc3)c(Cl)c2)NC1=S. The van der Waals surface area contributed by atoms with Crippen LogP contribution in [0, 0.1) is 0 Å². The number of hydrogen-bond donors (Lipinski definition) is 2. The van der Waals surface area contributed by atoms with Crippen molar-refractivity contribution in [1.29, 1.82) is 0 Å². The number of benzene rings is 2. The van der Waals surface area contributed by atoms with Crippen molar-refractivity contribution in [2.45, 2.75) is 13.5 Å². The van der Waals surface area contributed by atoms with E-state index in [4.69, 9.17) is 33.7 Å². The molecular weight excluding hydrogens is 400 g/mol. The van der Waals surface area contributed by atoms with Crippen molar-refractivity contribution < 1.29 is 19.4 Å². The van der Waals surface area contributed by atoms with Crippen LogP contribution in [0.3, 0.4) is 0 Å². The zero-order valence-electron chi connectivity index (χ0n) is 14.9. The Kier molecular flexibility index (Phi) is 5.96. The third-order valence-electron chi connectivity index (χ3n) is 4.14. The molecule has 0 bridgehead atoms. The minimum atomic E-state index is -0.974. The lowest BCUT2D eigenvalue weighted by atomic mass is 10.1. The van der Waals surface area contributed by atoms with Crippen LogP contribution in [0.1, 0.15) is 28.4 Å². The maximum atomic E-state index is 12.2. The van der Waals surface area contributed by atoms with Crippen molar-refractivity contribution in [3.05, 3.63) is 69.9 Å². The number of thiocarbonyl (C=S) groups is 1. The number of ether oxygens (including phenoxy) is 1. The largest absolute Gasteiger partial charge is 0.487 e. The Labute approximate surface area is 172 Å². The van der Waals surface area contributed by atoms with E-state index in [0.29, 0.717) is 28.1 Å². The highest BCUT2D eigenvalue weighted by atomic mass is 35.5. The third-order valence-corrected chi connectivity index (χ3v) is 4.76. The van der Waals surface area contributed by atoms with Crippen LogP contribution in [0.15, 0.2) is 48.2 Å². The van der Waals surface area contributed by atoms with Crippen molar-refractivity contribution >= 4 is 46.9 Å². The van der Waals surface area contributed by atoms with Crippen molar-refractivity contribution in [2.75, 3.05) is 6.54 Å². The molecule has 1 heterocycles. The fourth-order valence-electron chi connectivity index (χ4n) is 2.65. The Balaban J connectivity index is 1.69. The lowest BCUT2D eigenvalue weighted by molar-refractivity contribution is -0.122. The average Bonchev–Trinajstić information content (AvgIpc) is 2.94. The highest BCUT2D eigenvalue weighted by Crippen LogP contribution is 2.27. The summed E-state index contributed by atoms with van der Waals surface area (Å²) < 4.78 is 5.71. The van der Waals surface area contributed by atoms with Gasteiger partial charge in [0, 0.05) is 6.54 Å². The third kappa shape index (κ3) is 4.32. The molecule has 0 saturated carbocycles. The first-order valence-electron chi connectivity index (χ1n) is 8.48. The quantitative estimate of drug-likeness (QED) is 0.552. The van der Waals surface area contributed by atoms with Crippen LogP contribution in [0.2, 0.25) is 5.02 Å². The summed E-state index contributed by atoms with van der Waals surface area (Å²) in [4.78, 5) is 24.6. The summed E-state index contributed by atoms with van der Waals surface area (Å²) in [5.41, 5.74) is 2.17. The van der Waals surface area contributed by atoms with Crippen LogP contribution < -0.4 is 10.1 Å². The number of nitrogens with zero attached hydrogens (tertiary/aromatic N) is 1. The Morgan fingerprint density at radius 3 is 2.57 bits per heavy atom. The number of carbonyl (C=O) groups excluding carboxylic acids is 1. The summed E-state index contributed by atoms with van der Waals surface area (Å²) in [5, 5.41) is 12.6. The molecule has 0 aromatic heterocycles. The standard InChI is InChI=1S/C20H17ClN2O4S/c1-2-23-18(24)16(22-20(23)28)10-13-5-8-17(15(21)9-13)27-11-12-3-6-14(7-4-12)19(25)26/h3-10H,2,11H2,1H3,(H,22,28)(H,25,26).